The van der Waals surface area contributed by atoms with E-state index >= 15 is 0 Å². The van der Waals surface area contributed by atoms with Crippen LogP contribution in [0.2, 0.25) is 0 Å². The highest BCUT2D eigenvalue weighted by atomic mass is 16.5. The largest absolute Gasteiger partial charge is 0.475 e. The van der Waals surface area contributed by atoms with E-state index in [-0.39, 0.29) is 17.4 Å². The molecule has 0 aliphatic heterocycles. The third-order valence-electron chi connectivity index (χ3n) is 1.99. The third-order valence-corrected chi connectivity index (χ3v) is 1.99. The average Bonchev–Trinajstić information content (AvgIpc) is 2.68. The number of carbonyl (C=O) groups is 2. The molecule has 1 N–H and O–H groups in total. The zero-order valence-electron chi connectivity index (χ0n) is 8.56. The highest BCUT2D eigenvalue weighted by Crippen LogP contribution is 2.06. The molecule has 0 fully saturated rings. The second-order valence-electron chi connectivity index (χ2n) is 2.86. The van der Waals surface area contributed by atoms with E-state index in [0.717, 1.165) is 6.07 Å². The number of carboxylic acid groups (broad SMARTS) is 1. The first-order chi connectivity index (χ1) is 7.10. The molecule has 15 heavy (non-hydrogen) atoms. The van der Waals surface area contributed by atoms with Gasteiger partial charge in [0.15, 0.2) is 5.69 Å². The first-order valence-corrected chi connectivity index (χ1v) is 4.59. The van der Waals surface area contributed by atoms with Crippen molar-refractivity contribution in [3.8, 4) is 0 Å². The lowest BCUT2D eigenvalue weighted by Gasteiger charge is -2.16. The maximum Gasteiger partial charge on any atom is 0.374 e. The molecule has 0 bridgehead atoms. The van der Waals surface area contributed by atoms with Gasteiger partial charge in [-0.15, -0.1) is 0 Å². The standard InChI is InChI=1S/C9H12N2O4/c1-3-11(4-2)8(12)6-5-7(9(13)14)15-10-6/h5H,3-4H2,1-2H3,(H,13,14). The van der Waals surface area contributed by atoms with Crippen LogP contribution in [-0.4, -0.2) is 40.1 Å². The van der Waals surface area contributed by atoms with Gasteiger partial charge in [0.25, 0.3) is 5.91 Å². The summed E-state index contributed by atoms with van der Waals surface area (Å²) in [4.78, 5) is 23.7. The van der Waals surface area contributed by atoms with Crippen molar-refractivity contribution in [1.29, 1.82) is 0 Å². The van der Waals surface area contributed by atoms with Gasteiger partial charge in [-0.1, -0.05) is 5.16 Å². The number of carboxylic acids is 1. The molecule has 0 saturated heterocycles. The molecular formula is C9H12N2O4. The number of aromatic nitrogens is 1. The highest BCUT2D eigenvalue weighted by Gasteiger charge is 2.19. The van der Waals surface area contributed by atoms with E-state index in [2.05, 4.69) is 9.68 Å². The van der Waals surface area contributed by atoms with Gasteiger partial charge in [0, 0.05) is 19.2 Å². The second kappa shape index (κ2) is 4.59. The molecule has 0 aliphatic carbocycles. The van der Waals surface area contributed by atoms with Crippen molar-refractivity contribution >= 4 is 11.9 Å². The maximum absolute atomic E-state index is 11.7. The fraction of sp³-hybridized carbons (Fsp3) is 0.444. The molecule has 1 aromatic heterocycles. The summed E-state index contributed by atoms with van der Waals surface area (Å²) in [6.45, 7) is 4.76. The van der Waals surface area contributed by atoms with Crippen molar-refractivity contribution in [2.24, 2.45) is 0 Å². The fourth-order valence-electron chi connectivity index (χ4n) is 1.15. The molecule has 6 heteroatoms. The van der Waals surface area contributed by atoms with Gasteiger partial charge in [0.2, 0.25) is 5.76 Å². The second-order valence-corrected chi connectivity index (χ2v) is 2.86. The van der Waals surface area contributed by atoms with Crippen LogP contribution in [0.25, 0.3) is 0 Å². The molecule has 0 spiro atoms. The minimum absolute atomic E-state index is 0.0242. The molecule has 82 valence electrons. The zero-order valence-corrected chi connectivity index (χ0v) is 8.56. The van der Waals surface area contributed by atoms with Crippen molar-refractivity contribution < 1.29 is 19.2 Å². The molecular weight excluding hydrogens is 200 g/mol. The van der Waals surface area contributed by atoms with Crippen molar-refractivity contribution in [3.63, 3.8) is 0 Å². The molecule has 0 saturated carbocycles. The lowest BCUT2D eigenvalue weighted by molar-refractivity contribution is 0.0649. The first-order valence-electron chi connectivity index (χ1n) is 4.59. The molecule has 1 rings (SSSR count). The smallest absolute Gasteiger partial charge is 0.374 e. The Kier molecular flexibility index (Phi) is 3.43. The van der Waals surface area contributed by atoms with Gasteiger partial charge in [0.1, 0.15) is 0 Å². The van der Waals surface area contributed by atoms with Gasteiger partial charge in [-0.3, -0.25) is 4.79 Å². The van der Waals surface area contributed by atoms with Crippen molar-refractivity contribution in [2.45, 2.75) is 13.8 Å². The van der Waals surface area contributed by atoms with Crippen LogP contribution >= 0.6 is 0 Å². The third kappa shape index (κ3) is 2.34. The van der Waals surface area contributed by atoms with Crippen LogP contribution in [-0.2, 0) is 0 Å². The maximum atomic E-state index is 11.7. The minimum atomic E-state index is -1.24. The van der Waals surface area contributed by atoms with Crippen LogP contribution in [0, 0.1) is 0 Å². The summed E-state index contributed by atoms with van der Waals surface area (Å²) < 4.78 is 4.49. The Labute approximate surface area is 86.5 Å². The SMILES string of the molecule is CCN(CC)C(=O)c1cc(C(=O)O)on1. The number of carbonyl (C=O) groups excluding carboxylic acids is 1. The van der Waals surface area contributed by atoms with Gasteiger partial charge in [0.05, 0.1) is 0 Å². The first kappa shape index (κ1) is 11.2. The van der Waals surface area contributed by atoms with E-state index < -0.39 is 5.97 Å². The highest BCUT2D eigenvalue weighted by molar-refractivity contribution is 5.94. The number of amides is 1. The van der Waals surface area contributed by atoms with E-state index in [4.69, 9.17) is 5.11 Å². The zero-order chi connectivity index (χ0) is 11.4. The van der Waals surface area contributed by atoms with Gasteiger partial charge in [-0.2, -0.15) is 0 Å². The van der Waals surface area contributed by atoms with Gasteiger partial charge >= 0.3 is 5.97 Å². The molecule has 0 radical (unpaired) electrons. The monoisotopic (exact) mass is 212 g/mol. The fourth-order valence-corrected chi connectivity index (χ4v) is 1.15. The Bertz CT molecular complexity index is 368. The summed E-state index contributed by atoms with van der Waals surface area (Å²) in [6, 6.07) is 1.13. The van der Waals surface area contributed by atoms with Crippen LogP contribution in [0.3, 0.4) is 0 Å². The predicted octanol–water partition coefficient (Wildman–Crippen LogP) is 0.855. The van der Waals surface area contributed by atoms with Crippen LogP contribution in [0.4, 0.5) is 0 Å². The lowest BCUT2D eigenvalue weighted by atomic mass is 10.3. The molecule has 0 unspecified atom stereocenters. The van der Waals surface area contributed by atoms with Gasteiger partial charge < -0.3 is 14.5 Å². The number of hydrogen-bond acceptors (Lipinski definition) is 4. The molecule has 0 aromatic carbocycles. The van der Waals surface area contributed by atoms with Crippen LogP contribution in [0.15, 0.2) is 10.6 Å². The Morgan fingerprint density at radius 2 is 2.07 bits per heavy atom. The van der Waals surface area contributed by atoms with Crippen molar-refractivity contribution in [2.75, 3.05) is 13.1 Å². The average molecular weight is 212 g/mol. The van der Waals surface area contributed by atoms with E-state index in [1.165, 1.54) is 4.90 Å². The summed E-state index contributed by atoms with van der Waals surface area (Å²) in [5, 5.41) is 12.0. The molecule has 6 nitrogen and oxygen atoms in total. The van der Waals surface area contributed by atoms with Gasteiger partial charge in [-0.05, 0) is 13.8 Å². The van der Waals surface area contributed by atoms with E-state index in [9.17, 15) is 9.59 Å². The minimum Gasteiger partial charge on any atom is -0.475 e. The topological polar surface area (TPSA) is 83.6 Å². The Morgan fingerprint density at radius 3 is 2.47 bits per heavy atom. The molecule has 1 heterocycles. The molecule has 0 aliphatic rings. The van der Waals surface area contributed by atoms with E-state index in [1.807, 2.05) is 13.8 Å². The Morgan fingerprint density at radius 1 is 1.47 bits per heavy atom. The van der Waals surface area contributed by atoms with Crippen LogP contribution in [0.1, 0.15) is 34.9 Å². The number of aromatic carboxylic acids is 1. The molecule has 1 amide bonds. The predicted molar refractivity (Wildman–Crippen MR) is 50.7 cm³/mol. The van der Waals surface area contributed by atoms with Crippen molar-refractivity contribution in [3.05, 3.63) is 17.5 Å². The number of rotatable bonds is 4. The molecule has 0 atom stereocenters. The summed E-state index contributed by atoms with van der Waals surface area (Å²) in [5.74, 6) is -1.89. The van der Waals surface area contributed by atoms with Crippen LogP contribution < -0.4 is 0 Å². The summed E-state index contributed by atoms with van der Waals surface area (Å²) in [6.07, 6.45) is 0. The summed E-state index contributed by atoms with van der Waals surface area (Å²) >= 11 is 0. The Balaban J connectivity index is 2.86. The van der Waals surface area contributed by atoms with Crippen LogP contribution in [0.5, 0.6) is 0 Å². The number of hydrogen-bond donors (Lipinski definition) is 1. The molecule has 1 aromatic rings. The Hall–Kier alpha value is -1.85. The summed E-state index contributed by atoms with van der Waals surface area (Å²) in [5.41, 5.74) is 0.0242. The quantitative estimate of drug-likeness (QED) is 0.800. The normalized spacial score (nSPS) is 10.0. The summed E-state index contributed by atoms with van der Waals surface area (Å²) in [7, 11) is 0. The van der Waals surface area contributed by atoms with Crippen molar-refractivity contribution in [1.82, 2.24) is 10.1 Å². The lowest BCUT2D eigenvalue weighted by Crippen LogP contribution is -2.30. The van der Waals surface area contributed by atoms with Gasteiger partial charge in [-0.25, -0.2) is 4.79 Å². The van der Waals surface area contributed by atoms with E-state index in [0.29, 0.717) is 13.1 Å². The van der Waals surface area contributed by atoms with E-state index in [1.54, 1.807) is 0 Å². The number of nitrogens with zero attached hydrogens (tertiary/aromatic N) is 2.